The summed E-state index contributed by atoms with van der Waals surface area (Å²) < 4.78 is 33.2. The van der Waals surface area contributed by atoms with Crippen molar-refractivity contribution in [1.29, 1.82) is 0 Å². The minimum Gasteiger partial charge on any atom is -0.376 e. The maximum atomic E-state index is 13.7. The number of aliphatic hydroxyl groups is 1. The number of nitrogens with zero attached hydrogens (tertiary/aromatic N) is 1. The van der Waals surface area contributed by atoms with Crippen LogP contribution in [0.4, 0.5) is 0 Å². The molecule has 3 aromatic carbocycles. The van der Waals surface area contributed by atoms with Crippen molar-refractivity contribution in [3.05, 3.63) is 102 Å². The van der Waals surface area contributed by atoms with Crippen LogP contribution in [0.25, 0.3) is 0 Å². The van der Waals surface area contributed by atoms with E-state index in [4.69, 9.17) is 4.74 Å². The van der Waals surface area contributed by atoms with E-state index in [-0.39, 0.29) is 24.5 Å². The van der Waals surface area contributed by atoms with Crippen molar-refractivity contribution in [2.75, 3.05) is 6.61 Å². The van der Waals surface area contributed by atoms with Crippen LogP contribution >= 0.6 is 0 Å². The lowest BCUT2D eigenvalue weighted by molar-refractivity contribution is -0.152. The highest BCUT2D eigenvalue weighted by Crippen LogP contribution is 2.33. The molecule has 3 aromatic rings. The SMILES string of the molecule is Cc1ccc(S(=O)(=O)C2C(=O)N(Cc3ccccc3)C(O)CC2COCc2ccccc2)cc1. The van der Waals surface area contributed by atoms with Crippen LogP contribution < -0.4 is 0 Å². The summed E-state index contributed by atoms with van der Waals surface area (Å²) in [7, 11) is -4.00. The summed E-state index contributed by atoms with van der Waals surface area (Å²) in [5, 5.41) is 9.50. The standard InChI is InChI=1S/C27H29NO5S/c1-20-12-14-24(15-13-20)34(31,32)26-23(19-33-18-22-10-6-3-7-11-22)16-25(29)28(27(26)30)17-21-8-4-2-5-9-21/h2-15,23,25-26,29H,16-19H2,1H3. The number of ether oxygens (including phenoxy) is 1. The predicted octanol–water partition coefficient (Wildman–Crippen LogP) is 3.72. The van der Waals surface area contributed by atoms with E-state index in [9.17, 15) is 18.3 Å². The first-order chi connectivity index (χ1) is 16.4. The van der Waals surface area contributed by atoms with E-state index in [1.165, 1.54) is 17.0 Å². The number of sulfone groups is 1. The summed E-state index contributed by atoms with van der Waals surface area (Å²) in [5.41, 5.74) is 2.70. The Balaban J connectivity index is 1.61. The van der Waals surface area contributed by atoms with E-state index in [0.717, 1.165) is 16.7 Å². The lowest BCUT2D eigenvalue weighted by Gasteiger charge is -2.40. The van der Waals surface area contributed by atoms with Gasteiger partial charge in [-0.2, -0.15) is 0 Å². The number of carbonyl (C=O) groups is 1. The average Bonchev–Trinajstić information content (AvgIpc) is 2.83. The summed E-state index contributed by atoms with van der Waals surface area (Å²) in [5.74, 6) is -1.28. The number of hydrogen-bond donors (Lipinski definition) is 1. The Morgan fingerprint density at radius 1 is 0.912 bits per heavy atom. The molecule has 1 saturated heterocycles. The molecule has 0 aliphatic carbocycles. The summed E-state index contributed by atoms with van der Waals surface area (Å²) in [6.07, 6.45) is -0.981. The van der Waals surface area contributed by atoms with Crippen molar-refractivity contribution >= 4 is 15.7 Å². The van der Waals surface area contributed by atoms with Crippen LogP contribution in [0.15, 0.2) is 89.8 Å². The zero-order valence-corrected chi connectivity index (χ0v) is 19.9. The molecule has 1 fully saturated rings. The van der Waals surface area contributed by atoms with Crippen LogP contribution in [0.1, 0.15) is 23.1 Å². The zero-order chi connectivity index (χ0) is 24.1. The molecule has 0 spiro atoms. The summed E-state index contributed by atoms with van der Waals surface area (Å²) in [6.45, 7) is 2.36. The number of hydrogen-bond acceptors (Lipinski definition) is 5. The second-order valence-corrected chi connectivity index (χ2v) is 10.8. The Morgan fingerprint density at radius 2 is 1.50 bits per heavy atom. The van der Waals surface area contributed by atoms with Gasteiger partial charge in [0.25, 0.3) is 0 Å². The Hall–Kier alpha value is -3.00. The minimum absolute atomic E-state index is 0.0482. The molecular weight excluding hydrogens is 450 g/mol. The molecule has 178 valence electrons. The van der Waals surface area contributed by atoms with Crippen molar-refractivity contribution in [3.8, 4) is 0 Å². The van der Waals surface area contributed by atoms with Gasteiger partial charge < -0.3 is 14.7 Å². The van der Waals surface area contributed by atoms with Gasteiger partial charge in [0.1, 0.15) is 11.5 Å². The quantitative estimate of drug-likeness (QED) is 0.532. The summed E-state index contributed by atoms with van der Waals surface area (Å²) >= 11 is 0. The molecule has 34 heavy (non-hydrogen) atoms. The van der Waals surface area contributed by atoms with Crippen LogP contribution in [0.2, 0.25) is 0 Å². The minimum atomic E-state index is -4.00. The molecule has 4 rings (SSSR count). The topological polar surface area (TPSA) is 83.9 Å². The number of amides is 1. The first kappa shape index (κ1) is 24.1. The number of likely N-dealkylation sites (tertiary alicyclic amines) is 1. The van der Waals surface area contributed by atoms with Crippen molar-refractivity contribution in [2.24, 2.45) is 5.92 Å². The molecule has 3 atom stereocenters. The molecule has 1 aliphatic heterocycles. The van der Waals surface area contributed by atoms with Gasteiger partial charge in [0.15, 0.2) is 9.84 Å². The summed E-state index contributed by atoms with van der Waals surface area (Å²) in [4.78, 5) is 15.0. The van der Waals surface area contributed by atoms with Crippen LogP contribution in [-0.4, -0.2) is 42.4 Å². The van der Waals surface area contributed by atoms with Gasteiger partial charge in [0, 0.05) is 12.5 Å². The number of benzene rings is 3. The maximum absolute atomic E-state index is 13.7. The highest BCUT2D eigenvalue weighted by molar-refractivity contribution is 7.92. The first-order valence-corrected chi connectivity index (χ1v) is 12.9. The zero-order valence-electron chi connectivity index (χ0n) is 19.1. The third-order valence-electron chi connectivity index (χ3n) is 6.15. The van der Waals surface area contributed by atoms with Gasteiger partial charge in [-0.3, -0.25) is 4.79 Å². The van der Waals surface area contributed by atoms with Gasteiger partial charge >= 0.3 is 0 Å². The number of carbonyl (C=O) groups excluding carboxylic acids is 1. The van der Waals surface area contributed by atoms with Gasteiger partial charge in [0.2, 0.25) is 5.91 Å². The Bertz CT molecular complexity index is 1200. The Kier molecular flexibility index (Phi) is 7.46. The molecule has 1 N–H and O–H groups in total. The van der Waals surface area contributed by atoms with Crippen molar-refractivity contribution in [1.82, 2.24) is 4.90 Å². The molecule has 7 heteroatoms. The second-order valence-electron chi connectivity index (χ2n) is 8.71. The first-order valence-electron chi connectivity index (χ1n) is 11.3. The third kappa shape index (κ3) is 5.38. The molecular formula is C27H29NO5S. The largest absolute Gasteiger partial charge is 0.376 e. The molecule has 0 saturated carbocycles. The van der Waals surface area contributed by atoms with E-state index < -0.39 is 33.1 Å². The van der Waals surface area contributed by atoms with Crippen LogP contribution in [0.5, 0.6) is 0 Å². The van der Waals surface area contributed by atoms with E-state index in [0.29, 0.717) is 6.61 Å². The maximum Gasteiger partial charge on any atom is 0.244 e. The van der Waals surface area contributed by atoms with Gasteiger partial charge in [-0.25, -0.2) is 8.42 Å². The highest BCUT2D eigenvalue weighted by Gasteiger charge is 2.48. The third-order valence-corrected chi connectivity index (χ3v) is 8.34. The highest BCUT2D eigenvalue weighted by atomic mass is 32.2. The van der Waals surface area contributed by atoms with Gasteiger partial charge in [0.05, 0.1) is 18.1 Å². The van der Waals surface area contributed by atoms with E-state index in [2.05, 4.69) is 0 Å². The van der Waals surface area contributed by atoms with E-state index >= 15 is 0 Å². The fourth-order valence-electron chi connectivity index (χ4n) is 4.32. The molecule has 0 aromatic heterocycles. The van der Waals surface area contributed by atoms with Crippen molar-refractivity contribution in [3.63, 3.8) is 0 Å². The molecule has 1 aliphatic rings. The number of aryl methyl sites for hydroxylation is 1. The molecule has 0 radical (unpaired) electrons. The summed E-state index contributed by atoms with van der Waals surface area (Å²) in [6, 6.07) is 25.3. The normalized spacial score (nSPS) is 20.9. The fraction of sp³-hybridized carbons (Fsp3) is 0.296. The molecule has 0 bridgehead atoms. The van der Waals surface area contributed by atoms with Gasteiger partial charge in [-0.05, 0) is 36.6 Å². The van der Waals surface area contributed by atoms with Crippen LogP contribution in [-0.2, 0) is 32.5 Å². The predicted molar refractivity (Wildman–Crippen MR) is 129 cm³/mol. The molecule has 1 amide bonds. The Morgan fingerprint density at radius 3 is 2.12 bits per heavy atom. The number of piperidine rings is 1. The van der Waals surface area contributed by atoms with Crippen molar-refractivity contribution < 1.29 is 23.1 Å². The lowest BCUT2D eigenvalue weighted by Crippen LogP contribution is -2.57. The van der Waals surface area contributed by atoms with Crippen LogP contribution in [0, 0.1) is 12.8 Å². The monoisotopic (exact) mass is 479 g/mol. The second kappa shape index (κ2) is 10.5. The number of rotatable bonds is 8. The van der Waals surface area contributed by atoms with Crippen LogP contribution in [0.3, 0.4) is 0 Å². The van der Waals surface area contributed by atoms with Crippen molar-refractivity contribution in [2.45, 2.75) is 42.9 Å². The van der Waals surface area contributed by atoms with Gasteiger partial charge in [-0.1, -0.05) is 78.4 Å². The fourth-order valence-corrected chi connectivity index (χ4v) is 6.22. The van der Waals surface area contributed by atoms with Gasteiger partial charge in [-0.15, -0.1) is 0 Å². The van der Waals surface area contributed by atoms with E-state index in [1.54, 1.807) is 12.1 Å². The number of aliphatic hydroxyl groups excluding tert-OH is 1. The van der Waals surface area contributed by atoms with E-state index in [1.807, 2.05) is 67.6 Å². The Labute approximate surface area is 200 Å². The smallest absolute Gasteiger partial charge is 0.244 e. The molecule has 1 heterocycles. The molecule has 3 unspecified atom stereocenters. The lowest BCUT2D eigenvalue weighted by atomic mass is 9.94. The average molecular weight is 480 g/mol. The molecule has 6 nitrogen and oxygen atoms in total.